The molecule has 1 aliphatic carbocycles. The second-order valence-corrected chi connectivity index (χ2v) is 6.76. The summed E-state index contributed by atoms with van der Waals surface area (Å²) in [7, 11) is 0. The summed E-state index contributed by atoms with van der Waals surface area (Å²) >= 11 is 6.11. The minimum absolute atomic E-state index is 0.120. The Balaban J connectivity index is 1.84. The number of nitrogens with zero attached hydrogens (tertiary/aromatic N) is 1. The molecule has 1 heterocycles. The van der Waals surface area contributed by atoms with E-state index < -0.39 is 0 Å². The van der Waals surface area contributed by atoms with Crippen molar-refractivity contribution in [3.63, 3.8) is 0 Å². The van der Waals surface area contributed by atoms with E-state index in [-0.39, 0.29) is 29.7 Å². The molecular weight excluding hydrogens is 291 g/mol. The third kappa shape index (κ3) is 2.92. The van der Waals surface area contributed by atoms with Crippen LogP contribution in [0.3, 0.4) is 0 Å². The summed E-state index contributed by atoms with van der Waals surface area (Å²) in [5, 5.41) is 3.64. The lowest BCUT2D eigenvalue weighted by Gasteiger charge is -2.31. The molecule has 114 valence electrons. The summed E-state index contributed by atoms with van der Waals surface area (Å²) in [5.74, 6) is -0.218. The summed E-state index contributed by atoms with van der Waals surface area (Å²) in [6.07, 6.45) is 2.84. The Bertz CT molecular complexity index is 533. The van der Waals surface area contributed by atoms with Gasteiger partial charge in [0.25, 0.3) is 0 Å². The smallest absolute Gasteiger partial charge is 0.230 e. The van der Waals surface area contributed by atoms with Crippen LogP contribution in [0.15, 0.2) is 18.2 Å². The Morgan fingerprint density at radius 2 is 2.29 bits per heavy atom. The fraction of sp³-hybridized carbons (Fsp3) is 0.562. The van der Waals surface area contributed by atoms with Gasteiger partial charge in [-0.05, 0) is 44.9 Å². The maximum atomic E-state index is 14.0. The van der Waals surface area contributed by atoms with Crippen molar-refractivity contribution in [2.45, 2.75) is 38.8 Å². The molecule has 0 bridgehead atoms. The van der Waals surface area contributed by atoms with Crippen molar-refractivity contribution in [3.8, 4) is 0 Å². The molecule has 1 saturated heterocycles. The van der Waals surface area contributed by atoms with Crippen LogP contribution in [-0.4, -0.2) is 29.9 Å². The van der Waals surface area contributed by atoms with Crippen LogP contribution in [0.25, 0.3) is 0 Å². The molecular formula is C16H20ClFN2O. The molecule has 1 amide bonds. The van der Waals surface area contributed by atoms with Gasteiger partial charge in [-0.15, -0.1) is 0 Å². The van der Waals surface area contributed by atoms with Gasteiger partial charge in [-0.3, -0.25) is 4.79 Å². The van der Waals surface area contributed by atoms with E-state index in [0.29, 0.717) is 17.1 Å². The van der Waals surface area contributed by atoms with E-state index in [1.165, 1.54) is 6.07 Å². The van der Waals surface area contributed by atoms with Crippen molar-refractivity contribution >= 4 is 17.5 Å². The molecule has 2 fully saturated rings. The highest BCUT2D eigenvalue weighted by atomic mass is 35.5. The monoisotopic (exact) mass is 310 g/mol. The number of rotatable bonds is 4. The highest BCUT2D eigenvalue weighted by Crippen LogP contribution is 2.36. The van der Waals surface area contributed by atoms with Crippen LogP contribution in [-0.2, 0) is 11.3 Å². The molecule has 1 N–H and O–H groups in total. The fourth-order valence-corrected chi connectivity index (χ4v) is 3.18. The number of halogens is 2. The highest BCUT2D eigenvalue weighted by Gasteiger charge is 2.44. The van der Waals surface area contributed by atoms with Gasteiger partial charge >= 0.3 is 0 Å². The zero-order valence-corrected chi connectivity index (χ0v) is 12.9. The summed E-state index contributed by atoms with van der Waals surface area (Å²) in [6, 6.07) is 4.90. The van der Waals surface area contributed by atoms with Gasteiger partial charge in [-0.1, -0.05) is 17.7 Å². The first kappa shape index (κ1) is 14.8. The van der Waals surface area contributed by atoms with Crippen LogP contribution in [0.1, 0.15) is 31.7 Å². The van der Waals surface area contributed by atoms with Gasteiger partial charge in [0.2, 0.25) is 5.91 Å². The van der Waals surface area contributed by atoms with Gasteiger partial charge in [0.05, 0.1) is 12.0 Å². The first-order valence-corrected chi connectivity index (χ1v) is 7.84. The van der Waals surface area contributed by atoms with Crippen molar-refractivity contribution in [2.75, 3.05) is 13.1 Å². The average molecular weight is 311 g/mol. The normalized spacial score (nSPS) is 25.1. The largest absolute Gasteiger partial charge is 0.335 e. The van der Waals surface area contributed by atoms with Gasteiger partial charge in [-0.25, -0.2) is 4.39 Å². The zero-order chi connectivity index (χ0) is 15.0. The van der Waals surface area contributed by atoms with Crippen LogP contribution in [0.4, 0.5) is 4.39 Å². The molecule has 1 aromatic rings. The summed E-state index contributed by atoms with van der Waals surface area (Å²) < 4.78 is 14.0. The third-order valence-electron chi connectivity index (χ3n) is 4.52. The molecule has 3 nitrogen and oxygen atoms in total. The van der Waals surface area contributed by atoms with Crippen LogP contribution < -0.4 is 5.32 Å². The molecule has 3 rings (SSSR count). The van der Waals surface area contributed by atoms with Gasteiger partial charge in [0, 0.05) is 23.2 Å². The van der Waals surface area contributed by atoms with Gasteiger partial charge in [0.15, 0.2) is 0 Å². The van der Waals surface area contributed by atoms with Gasteiger partial charge in [0.1, 0.15) is 5.82 Å². The SMILES string of the molecule is CC1(C(=O)N(Cc2c(F)cccc2Cl)C2CC2)CCNC1. The standard InChI is InChI=1S/C16H20ClFN2O/c1-16(7-8-19-10-16)15(21)20(11-5-6-11)9-12-13(17)3-2-4-14(12)18/h2-4,11,19H,5-10H2,1H3. The quantitative estimate of drug-likeness (QED) is 0.927. The van der Waals surface area contributed by atoms with Crippen LogP contribution in [0, 0.1) is 11.2 Å². The molecule has 21 heavy (non-hydrogen) atoms. The van der Waals surface area contributed by atoms with E-state index in [9.17, 15) is 9.18 Å². The molecule has 1 atom stereocenters. The maximum absolute atomic E-state index is 14.0. The first-order valence-electron chi connectivity index (χ1n) is 7.46. The molecule has 0 aromatic heterocycles. The molecule has 1 unspecified atom stereocenters. The minimum Gasteiger partial charge on any atom is -0.335 e. The number of carbonyl (C=O) groups is 1. The van der Waals surface area contributed by atoms with Crippen molar-refractivity contribution in [3.05, 3.63) is 34.6 Å². The lowest BCUT2D eigenvalue weighted by Crippen LogP contribution is -2.44. The Labute approximate surface area is 129 Å². The molecule has 1 aliphatic heterocycles. The molecule has 0 spiro atoms. The average Bonchev–Trinajstić information content (AvgIpc) is 3.19. The van der Waals surface area contributed by atoms with E-state index in [1.54, 1.807) is 12.1 Å². The third-order valence-corrected chi connectivity index (χ3v) is 4.88. The number of hydrogen-bond donors (Lipinski definition) is 1. The Morgan fingerprint density at radius 1 is 1.52 bits per heavy atom. The number of carbonyl (C=O) groups excluding carboxylic acids is 1. The second kappa shape index (κ2) is 5.58. The summed E-state index contributed by atoms with van der Waals surface area (Å²) in [4.78, 5) is 14.7. The lowest BCUT2D eigenvalue weighted by atomic mass is 9.87. The van der Waals surface area contributed by atoms with Crippen LogP contribution in [0.2, 0.25) is 5.02 Å². The molecule has 1 saturated carbocycles. The Kier molecular flexibility index (Phi) is 3.93. The first-order chi connectivity index (χ1) is 10.0. The van der Waals surface area contributed by atoms with Crippen molar-refractivity contribution in [2.24, 2.45) is 5.41 Å². The number of benzene rings is 1. The second-order valence-electron chi connectivity index (χ2n) is 6.35. The maximum Gasteiger partial charge on any atom is 0.230 e. The van der Waals surface area contributed by atoms with E-state index in [2.05, 4.69) is 5.32 Å². The van der Waals surface area contributed by atoms with E-state index >= 15 is 0 Å². The highest BCUT2D eigenvalue weighted by molar-refractivity contribution is 6.31. The van der Waals surface area contributed by atoms with E-state index in [0.717, 1.165) is 25.8 Å². The minimum atomic E-state index is -0.375. The number of nitrogens with one attached hydrogen (secondary N) is 1. The Hall–Kier alpha value is -1.13. The Morgan fingerprint density at radius 3 is 2.86 bits per heavy atom. The predicted molar refractivity (Wildman–Crippen MR) is 80.6 cm³/mol. The number of amides is 1. The van der Waals surface area contributed by atoms with Crippen molar-refractivity contribution in [1.82, 2.24) is 10.2 Å². The fourth-order valence-electron chi connectivity index (χ4n) is 2.95. The summed E-state index contributed by atoms with van der Waals surface area (Å²) in [6.45, 7) is 3.82. The summed E-state index contributed by atoms with van der Waals surface area (Å²) in [5.41, 5.74) is 0.0503. The molecule has 5 heteroatoms. The van der Waals surface area contributed by atoms with Crippen molar-refractivity contribution in [1.29, 1.82) is 0 Å². The topological polar surface area (TPSA) is 32.3 Å². The van der Waals surface area contributed by atoms with Crippen LogP contribution in [0.5, 0.6) is 0 Å². The lowest BCUT2D eigenvalue weighted by molar-refractivity contribution is -0.141. The molecule has 2 aliphatic rings. The van der Waals surface area contributed by atoms with Gasteiger partial charge in [-0.2, -0.15) is 0 Å². The predicted octanol–water partition coefficient (Wildman–Crippen LogP) is 2.97. The van der Waals surface area contributed by atoms with E-state index in [4.69, 9.17) is 11.6 Å². The molecule has 1 aromatic carbocycles. The van der Waals surface area contributed by atoms with Crippen molar-refractivity contribution < 1.29 is 9.18 Å². The zero-order valence-electron chi connectivity index (χ0n) is 12.2. The van der Waals surface area contributed by atoms with E-state index in [1.807, 2.05) is 11.8 Å². The van der Waals surface area contributed by atoms with Crippen LogP contribution >= 0.6 is 11.6 Å². The van der Waals surface area contributed by atoms with Gasteiger partial charge < -0.3 is 10.2 Å². The molecule has 0 radical (unpaired) electrons. The number of hydrogen-bond acceptors (Lipinski definition) is 2.